The third kappa shape index (κ3) is 13.8. The lowest BCUT2D eigenvalue weighted by Crippen LogP contribution is -2.43. The van der Waals surface area contributed by atoms with Crippen molar-refractivity contribution >= 4 is 29.3 Å². The Labute approximate surface area is 384 Å². The first-order chi connectivity index (χ1) is 31.2. The van der Waals surface area contributed by atoms with Gasteiger partial charge < -0.3 is 44.9 Å². The van der Waals surface area contributed by atoms with Crippen molar-refractivity contribution < 1.29 is 38.8 Å². The van der Waals surface area contributed by atoms with Crippen molar-refractivity contribution in [1.82, 2.24) is 15.1 Å². The fourth-order valence-electron chi connectivity index (χ4n) is 9.68. The number of aromatic hydroxyl groups is 1. The lowest BCUT2D eigenvalue weighted by molar-refractivity contribution is -0.134. The standard InChI is InChI=1S/C37H52N4O6.C14H13NO2.CH4/c42-32-12-11-31(37-36(32)39-34(44)25-47-37)33(43)22-38-16-18-41(30-9-1-2-10-30)35(45)15-20-46-19-14-27-6-3-5-26(21-27)13-17-40-23-28-7-4-8-29(28)24-40;1-17-14(16)15-13-10-6-5-9-12(13)11-7-3-2-4-8-11;/h3,5-6,11-12,21,28-30,33,38,42-43H,1-2,4,7-10,13-20,22-25H2,(H,39,44);2-10H,1H3,(H,15,16);1H4. The summed E-state index contributed by atoms with van der Waals surface area (Å²) in [6.45, 7) is 5.90. The van der Waals surface area contributed by atoms with Crippen molar-refractivity contribution in [2.45, 2.75) is 83.8 Å². The van der Waals surface area contributed by atoms with Crippen LogP contribution < -0.4 is 20.7 Å². The first kappa shape index (κ1) is 49.0. The molecule has 3 unspecified atom stereocenters. The third-order valence-electron chi connectivity index (χ3n) is 13.0. The Bertz CT molecular complexity index is 2130. The van der Waals surface area contributed by atoms with E-state index in [4.69, 9.17) is 9.47 Å². The minimum Gasteiger partial charge on any atom is -0.506 e. The Morgan fingerprint density at radius 2 is 1.62 bits per heavy atom. The molecule has 13 heteroatoms. The van der Waals surface area contributed by atoms with E-state index in [1.165, 1.54) is 56.7 Å². The van der Waals surface area contributed by atoms with Crippen LogP contribution in [-0.2, 0) is 31.9 Å². The van der Waals surface area contributed by atoms with Gasteiger partial charge in [-0.15, -0.1) is 0 Å². The van der Waals surface area contributed by atoms with E-state index >= 15 is 0 Å². The summed E-state index contributed by atoms with van der Waals surface area (Å²) in [4.78, 5) is 40.9. The molecule has 0 bridgehead atoms. The first-order valence-corrected chi connectivity index (χ1v) is 23.1. The molecule has 2 aliphatic heterocycles. The number of phenols is 1. The highest BCUT2D eigenvalue weighted by Gasteiger charge is 2.35. The Hall–Kier alpha value is -5.47. The maximum atomic E-state index is 13.3. The second-order valence-electron chi connectivity index (χ2n) is 17.4. The van der Waals surface area contributed by atoms with Gasteiger partial charge in [0.05, 0.1) is 38.5 Å². The fraction of sp³-hybridized carbons (Fsp3) is 0.481. The zero-order valence-corrected chi connectivity index (χ0v) is 37.1. The molecular weight excluding hydrogens is 823 g/mol. The van der Waals surface area contributed by atoms with Gasteiger partial charge in [-0.3, -0.25) is 14.9 Å². The highest BCUT2D eigenvalue weighted by atomic mass is 16.5. The van der Waals surface area contributed by atoms with Gasteiger partial charge in [0, 0.05) is 56.4 Å². The number of benzene rings is 4. The molecule has 2 heterocycles. The van der Waals surface area contributed by atoms with Crippen LogP contribution in [0.5, 0.6) is 11.5 Å². The maximum Gasteiger partial charge on any atom is 0.411 e. The number of carbonyl (C=O) groups excluding carboxylic acids is 3. The molecule has 4 aliphatic rings. The summed E-state index contributed by atoms with van der Waals surface area (Å²) in [5, 5.41) is 29.5. The highest BCUT2D eigenvalue weighted by Crippen LogP contribution is 2.41. The van der Waals surface area contributed by atoms with Crippen LogP contribution in [-0.4, -0.2) is 110 Å². The molecule has 1 saturated heterocycles. The molecule has 0 radical (unpaired) electrons. The first-order valence-electron chi connectivity index (χ1n) is 23.1. The SMILES string of the molecule is C.COC(=O)Nc1ccccc1-c1ccccc1.O=C1COc2c(C(O)CNCCN(C(=O)CCOCCc3cccc(CCN4CC5CCCC5C4)c3)C3CCCC3)ccc(O)c2N1. The lowest BCUT2D eigenvalue weighted by atomic mass is 10.0. The van der Waals surface area contributed by atoms with E-state index in [2.05, 4.69) is 49.9 Å². The molecule has 3 amide bonds. The summed E-state index contributed by atoms with van der Waals surface area (Å²) in [7, 11) is 1.35. The summed E-state index contributed by atoms with van der Waals surface area (Å²) >= 11 is 0. The minimum atomic E-state index is -0.908. The minimum absolute atomic E-state index is 0. The number of methoxy groups -OCH3 is 1. The van der Waals surface area contributed by atoms with Crippen LogP contribution in [0.2, 0.25) is 0 Å². The summed E-state index contributed by atoms with van der Waals surface area (Å²) in [5.41, 5.74) is 6.12. The monoisotopic (exact) mass is 892 g/mol. The number of ether oxygens (including phenoxy) is 3. The second-order valence-corrected chi connectivity index (χ2v) is 17.4. The molecule has 350 valence electrons. The van der Waals surface area contributed by atoms with Crippen LogP contribution in [0.3, 0.4) is 0 Å². The summed E-state index contributed by atoms with van der Waals surface area (Å²) < 4.78 is 16.1. The number of phenolic OH excluding ortho intramolecular Hbond substituents is 1. The van der Waals surface area contributed by atoms with E-state index in [1.54, 1.807) is 6.07 Å². The number of nitrogens with one attached hydrogen (secondary N) is 3. The van der Waals surface area contributed by atoms with Crippen LogP contribution in [0.15, 0.2) is 91.0 Å². The number of nitrogens with zero attached hydrogens (tertiary/aromatic N) is 2. The van der Waals surface area contributed by atoms with Gasteiger partial charge in [-0.1, -0.05) is 99.5 Å². The van der Waals surface area contributed by atoms with Crippen LogP contribution in [0.4, 0.5) is 16.2 Å². The maximum absolute atomic E-state index is 13.3. The average molecular weight is 892 g/mol. The van der Waals surface area contributed by atoms with Crippen molar-refractivity contribution in [3.05, 3.63) is 108 Å². The van der Waals surface area contributed by atoms with E-state index < -0.39 is 12.2 Å². The number of amides is 3. The number of hydrogen-bond donors (Lipinski definition) is 5. The number of rotatable bonds is 18. The summed E-state index contributed by atoms with van der Waals surface area (Å²) in [6, 6.07) is 29.7. The topological polar surface area (TPSA) is 162 Å². The van der Waals surface area contributed by atoms with E-state index in [-0.39, 0.29) is 55.6 Å². The zero-order chi connectivity index (χ0) is 44.7. The van der Waals surface area contributed by atoms with E-state index in [0.29, 0.717) is 38.3 Å². The predicted molar refractivity (Wildman–Crippen MR) is 255 cm³/mol. The van der Waals surface area contributed by atoms with Crippen molar-refractivity contribution in [2.24, 2.45) is 11.8 Å². The molecule has 4 aromatic carbocycles. The van der Waals surface area contributed by atoms with Crippen LogP contribution >= 0.6 is 0 Å². The van der Waals surface area contributed by atoms with Gasteiger partial charge in [0.1, 0.15) is 11.4 Å². The molecule has 3 fully saturated rings. The van der Waals surface area contributed by atoms with Gasteiger partial charge in [0.2, 0.25) is 5.91 Å². The number of anilines is 2. The number of likely N-dealkylation sites (tertiary alicyclic amines) is 1. The number of carbonyl (C=O) groups is 3. The lowest BCUT2D eigenvalue weighted by Gasteiger charge is -2.29. The number of aliphatic hydroxyl groups is 1. The third-order valence-corrected chi connectivity index (χ3v) is 13.0. The van der Waals surface area contributed by atoms with Gasteiger partial charge >= 0.3 is 6.09 Å². The van der Waals surface area contributed by atoms with Crippen molar-refractivity contribution in [2.75, 3.05) is 76.8 Å². The van der Waals surface area contributed by atoms with Gasteiger partial charge in [0.25, 0.3) is 5.91 Å². The number of hydrogen-bond acceptors (Lipinski definition) is 10. The molecular formula is C52H69N5O8. The van der Waals surface area contributed by atoms with Gasteiger partial charge in [0.15, 0.2) is 12.4 Å². The molecule has 5 N–H and O–H groups in total. The van der Waals surface area contributed by atoms with Crippen molar-refractivity contribution in [3.8, 4) is 22.6 Å². The quantitative estimate of drug-likeness (QED) is 0.0487. The Balaban J connectivity index is 0.000000326. The van der Waals surface area contributed by atoms with Gasteiger partial charge in [-0.2, -0.15) is 0 Å². The molecule has 65 heavy (non-hydrogen) atoms. The van der Waals surface area contributed by atoms with Crippen molar-refractivity contribution in [1.29, 1.82) is 0 Å². The Kier molecular flexibility index (Phi) is 18.6. The van der Waals surface area contributed by atoms with Crippen LogP contribution in [0, 0.1) is 11.8 Å². The van der Waals surface area contributed by atoms with E-state index in [9.17, 15) is 24.6 Å². The summed E-state index contributed by atoms with van der Waals surface area (Å²) in [6.07, 6.45) is 9.52. The zero-order valence-electron chi connectivity index (χ0n) is 37.1. The molecule has 13 nitrogen and oxygen atoms in total. The van der Waals surface area contributed by atoms with E-state index in [1.807, 2.05) is 59.5 Å². The number of fused-ring (bicyclic) bond motifs is 2. The summed E-state index contributed by atoms with van der Waals surface area (Å²) in [5.74, 6) is 1.83. The number of para-hydroxylation sites is 1. The predicted octanol–water partition coefficient (Wildman–Crippen LogP) is 8.21. The molecule has 0 aromatic heterocycles. The highest BCUT2D eigenvalue weighted by molar-refractivity contribution is 5.97. The molecule has 2 saturated carbocycles. The molecule has 4 aromatic rings. The number of aliphatic hydroxyl groups excluding tert-OH is 1. The second kappa shape index (κ2) is 24.7. The molecule has 8 rings (SSSR count). The van der Waals surface area contributed by atoms with Gasteiger partial charge in [-0.25, -0.2) is 4.79 Å². The normalized spacial score (nSPS) is 18.2. The molecule has 2 aliphatic carbocycles. The largest absolute Gasteiger partial charge is 0.506 e. The van der Waals surface area contributed by atoms with E-state index in [0.717, 1.165) is 73.7 Å². The van der Waals surface area contributed by atoms with Gasteiger partial charge in [-0.05, 0) is 85.3 Å². The Morgan fingerprint density at radius 1 is 0.892 bits per heavy atom. The average Bonchev–Trinajstić information content (AvgIpc) is 4.10. The van der Waals surface area contributed by atoms with Crippen LogP contribution in [0.25, 0.3) is 11.1 Å². The van der Waals surface area contributed by atoms with Crippen LogP contribution in [0.1, 0.15) is 81.6 Å². The smallest absolute Gasteiger partial charge is 0.411 e. The fourth-order valence-corrected chi connectivity index (χ4v) is 9.68. The molecule has 3 atom stereocenters. The molecule has 0 spiro atoms. The Morgan fingerprint density at radius 3 is 2.37 bits per heavy atom. The van der Waals surface area contributed by atoms with Crippen molar-refractivity contribution in [3.63, 3.8) is 0 Å².